The Labute approximate surface area is 167 Å². The molecule has 0 saturated heterocycles. The van der Waals surface area contributed by atoms with Crippen LogP contribution in [0, 0.1) is 0 Å². The molecule has 2 heterocycles. The van der Waals surface area contributed by atoms with E-state index >= 15 is 0 Å². The number of hydrogen-bond acceptors (Lipinski definition) is 6. The average Bonchev–Trinajstić information content (AvgIpc) is 3.06. The molecule has 0 saturated carbocycles. The van der Waals surface area contributed by atoms with Gasteiger partial charge in [0.25, 0.3) is 5.56 Å². The molecule has 0 spiro atoms. The second-order valence-electron chi connectivity index (χ2n) is 6.65. The van der Waals surface area contributed by atoms with Crippen molar-refractivity contribution >= 4 is 29.0 Å². The van der Waals surface area contributed by atoms with Crippen molar-refractivity contribution in [3.05, 3.63) is 52.6 Å². The van der Waals surface area contributed by atoms with Crippen molar-refractivity contribution in [1.29, 1.82) is 0 Å². The lowest BCUT2D eigenvalue weighted by Gasteiger charge is -2.13. The summed E-state index contributed by atoms with van der Waals surface area (Å²) >= 11 is 0. The van der Waals surface area contributed by atoms with Crippen LogP contribution in [-0.4, -0.2) is 37.6 Å². The molecule has 29 heavy (non-hydrogen) atoms. The number of unbranched alkanes of at least 4 members (excludes halogenated alkanes) is 1. The van der Waals surface area contributed by atoms with Gasteiger partial charge in [-0.05, 0) is 18.4 Å². The van der Waals surface area contributed by atoms with Crippen LogP contribution >= 0.6 is 0 Å². The van der Waals surface area contributed by atoms with Crippen LogP contribution in [0.25, 0.3) is 11.2 Å². The van der Waals surface area contributed by atoms with Gasteiger partial charge in [-0.25, -0.2) is 4.98 Å². The molecule has 1 N–H and O–H groups in total. The zero-order valence-electron chi connectivity index (χ0n) is 16.4. The number of amides is 1. The highest BCUT2D eigenvalue weighted by Gasteiger charge is 2.16. The molecule has 9 nitrogen and oxygen atoms in total. The van der Waals surface area contributed by atoms with Gasteiger partial charge >= 0.3 is 5.97 Å². The van der Waals surface area contributed by atoms with E-state index < -0.39 is 0 Å². The number of ether oxygens (including phenoxy) is 1. The first-order valence-corrected chi connectivity index (χ1v) is 9.36. The molecule has 2 aromatic heterocycles. The van der Waals surface area contributed by atoms with Gasteiger partial charge in [-0.1, -0.05) is 30.3 Å². The molecule has 1 amide bonds. The Hall–Kier alpha value is -3.49. The summed E-state index contributed by atoms with van der Waals surface area (Å²) in [6.45, 7) is 3.80. The van der Waals surface area contributed by atoms with Gasteiger partial charge in [0.15, 0.2) is 11.2 Å². The maximum absolute atomic E-state index is 13.2. The van der Waals surface area contributed by atoms with Crippen molar-refractivity contribution in [1.82, 2.24) is 19.1 Å². The molecule has 1 aromatic carbocycles. The largest absolute Gasteiger partial charge is 0.466 e. The van der Waals surface area contributed by atoms with Crippen LogP contribution in [0.2, 0.25) is 0 Å². The standard InChI is InChI=1S/C20H23N5O4/c1-14(26)22-20-23-18-17(19(28)25(20)10-6-7-11-29-15(2)27)24(13-21-18)12-16-8-4-3-5-9-16/h3-5,8-9,13H,6-7,10-12H2,1-2H3,(H,22,23,26). The molecule has 0 unspecified atom stereocenters. The summed E-state index contributed by atoms with van der Waals surface area (Å²) in [5.74, 6) is -0.505. The van der Waals surface area contributed by atoms with Crippen molar-refractivity contribution in [2.75, 3.05) is 11.9 Å². The van der Waals surface area contributed by atoms with Crippen LogP contribution in [0.15, 0.2) is 41.5 Å². The number of rotatable bonds is 8. The summed E-state index contributed by atoms with van der Waals surface area (Å²) in [4.78, 5) is 44.3. The molecule has 0 aliphatic heterocycles. The number of nitrogens with zero attached hydrogens (tertiary/aromatic N) is 4. The molecule has 3 rings (SSSR count). The highest BCUT2D eigenvalue weighted by molar-refractivity contribution is 5.87. The van der Waals surface area contributed by atoms with Crippen LogP contribution in [0.4, 0.5) is 5.95 Å². The molecule has 0 aliphatic carbocycles. The van der Waals surface area contributed by atoms with Gasteiger partial charge in [0.2, 0.25) is 11.9 Å². The fourth-order valence-electron chi connectivity index (χ4n) is 3.00. The maximum Gasteiger partial charge on any atom is 0.302 e. The molecule has 0 bridgehead atoms. The van der Waals surface area contributed by atoms with E-state index in [2.05, 4.69) is 15.3 Å². The lowest BCUT2D eigenvalue weighted by Crippen LogP contribution is -2.28. The van der Waals surface area contributed by atoms with E-state index in [9.17, 15) is 14.4 Å². The van der Waals surface area contributed by atoms with E-state index in [0.717, 1.165) is 5.56 Å². The number of carbonyl (C=O) groups is 2. The number of hydrogen-bond donors (Lipinski definition) is 1. The number of carbonyl (C=O) groups excluding carboxylic acids is 2. The lowest BCUT2D eigenvalue weighted by molar-refractivity contribution is -0.141. The van der Waals surface area contributed by atoms with Gasteiger partial charge < -0.3 is 9.30 Å². The molecule has 0 radical (unpaired) electrons. The second kappa shape index (κ2) is 9.13. The Morgan fingerprint density at radius 1 is 1.14 bits per heavy atom. The van der Waals surface area contributed by atoms with E-state index in [1.807, 2.05) is 30.3 Å². The van der Waals surface area contributed by atoms with Gasteiger partial charge in [-0.3, -0.25) is 24.3 Å². The van der Waals surface area contributed by atoms with Crippen LogP contribution in [0.3, 0.4) is 0 Å². The first-order valence-electron chi connectivity index (χ1n) is 9.36. The first kappa shape index (κ1) is 20.2. The molecule has 0 aliphatic rings. The van der Waals surface area contributed by atoms with E-state index in [1.54, 1.807) is 10.9 Å². The summed E-state index contributed by atoms with van der Waals surface area (Å²) < 4.78 is 8.11. The predicted molar refractivity (Wildman–Crippen MR) is 108 cm³/mol. The van der Waals surface area contributed by atoms with Crippen molar-refractivity contribution in [2.24, 2.45) is 0 Å². The molecule has 0 fully saturated rings. The Balaban J connectivity index is 1.92. The number of nitrogens with one attached hydrogen (secondary N) is 1. The van der Waals surface area contributed by atoms with Crippen molar-refractivity contribution in [3.63, 3.8) is 0 Å². The number of imidazole rings is 1. The Bertz CT molecular complexity index is 1070. The SMILES string of the molecule is CC(=O)Nc1nc2ncn(Cc3ccccc3)c2c(=O)n1CCCCOC(C)=O. The smallest absolute Gasteiger partial charge is 0.302 e. The zero-order valence-corrected chi connectivity index (χ0v) is 16.4. The lowest BCUT2D eigenvalue weighted by atomic mass is 10.2. The third-order valence-electron chi connectivity index (χ3n) is 4.30. The van der Waals surface area contributed by atoms with Crippen molar-refractivity contribution in [2.45, 2.75) is 39.8 Å². The van der Waals surface area contributed by atoms with Crippen molar-refractivity contribution < 1.29 is 14.3 Å². The first-order chi connectivity index (χ1) is 14.0. The minimum atomic E-state index is -0.339. The normalized spacial score (nSPS) is 10.8. The molecule has 0 atom stereocenters. The number of benzene rings is 1. The average molecular weight is 397 g/mol. The summed E-state index contributed by atoms with van der Waals surface area (Å²) in [6.07, 6.45) is 2.75. The molecule has 9 heteroatoms. The Morgan fingerprint density at radius 3 is 2.59 bits per heavy atom. The third kappa shape index (κ3) is 5.07. The predicted octanol–water partition coefficient (Wildman–Crippen LogP) is 1.94. The number of fused-ring (bicyclic) bond motifs is 1. The highest BCUT2D eigenvalue weighted by Crippen LogP contribution is 2.13. The number of esters is 1. The van der Waals surface area contributed by atoms with Crippen LogP contribution in [-0.2, 0) is 27.4 Å². The molecule has 152 valence electrons. The fourth-order valence-corrected chi connectivity index (χ4v) is 3.00. The van der Waals surface area contributed by atoms with E-state index in [4.69, 9.17) is 4.74 Å². The number of anilines is 1. The zero-order chi connectivity index (χ0) is 20.8. The fraction of sp³-hybridized carbons (Fsp3) is 0.350. The van der Waals surface area contributed by atoms with Gasteiger partial charge in [-0.15, -0.1) is 0 Å². The molecular formula is C20H23N5O4. The summed E-state index contributed by atoms with van der Waals surface area (Å²) in [5, 5.41) is 2.60. The highest BCUT2D eigenvalue weighted by atomic mass is 16.5. The van der Waals surface area contributed by atoms with Gasteiger partial charge in [0, 0.05) is 26.9 Å². The van der Waals surface area contributed by atoms with E-state index in [-0.39, 0.29) is 35.6 Å². The summed E-state index contributed by atoms with van der Waals surface area (Å²) in [7, 11) is 0. The quantitative estimate of drug-likeness (QED) is 0.460. The monoisotopic (exact) mass is 397 g/mol. The number of aromatic nitrogens is 4. The van der Waals surface area contributed by atoms with Crippen LogP contribution < -0.4 is 10.9 Å². The molecule has 3 aromatic rings. The van der Waals surface area contributed by atoms with Crippen LogP contribution in [0.1, 0.15) is 32.3 Å². The third-order valence-corrected chi connectivity index (χ3v) is 4.30. The van der Waals surface area contributed by atoms with E-state index in [0.29, 0.717) is 31.4 Å². The Morgan fingerprint density at radius 2 is 1.90 bits per heavy atom. The van der Waals surface area contributed by atoms with Crippen molar-refractivity contribution in [3.8, 4) is 0 Å². The van der Waals surface area contributed by atoms with Gasteiger partial charge in [-0.2, -0.15) is 4.98 Å². The minimum Gasteiger partial charge on any atom is -0.466 e. The molecular weight excluding hydrogens is 374 g/mol. The van der Waals surface area contributed by atoms with Crippen LogP contribution in [0.5, 0.6) is 0 Å². The van der Waals surface area contributed by atoms with Gasteiger partial charge in [0.05, 0.1) is 12.9 Å². The maximum atomic E-state index is 13.2. The minimum absolute atomic E-state index is 0.160. The summed E-state index contributed by atoms with van der Waals surface area (Å²) in [6, 6.07) is 9.74. The Kier molecular flexibility index (Phi) is 6.38. The topological polar surface area (TPSA) is 108 Å². The second-order valence-corrected chi connectivity index (χ2v) is 6.65. The van der Waals surface area contributed by atoms with Gasteiger partial charge in [0.1, 0.15) is 0 Å². The van der Waals surface area contributed by atoms with E-state index in [1.165, 1.54) is 18.4 Å². The summed E-state index contributed by atoms with van der Waals surface area (Å²) in [5.41, 5.74) is 1.42.